The van der Waals surface area contributed by atoms with Crippen molar-refractivity contribution in [3.05, 3.63) is 20.8 Å². The van der Waals surface area contributed by atoms with Crippen LogP contribution in [0.4, 0.5) is 0 Å². The zero-order valence-corrected chi connectivity index (χ0v) is 13.0. The summed E-state index contributed by atoms with van der Waals surface area (Å²) in [5, 5.41) is 0. The summed E-state index contributed by atoms with van der Waals surface area (Å²) in [5.74, 6) is 0.518. The van der Waals surface area contributed by atoms with Gasteiger partial charge in [0.25, 0.3) is 0 Å². The van der Waals surface area contributed by atoms with E-state index in [4.69, 9.17) is 5.73 Å². The number of hydrogen-bond acceptors (Lipinski definition) is 4. The van der Waals surface area contributed by atoms with Crippen molar-refractivity contribution in [2.24, 2.45) is 16.6 Å². The van der Waals surface area contributed by atoms with E-state index in [1.54, 1.807) is 18.4 Å². The lowest BCUT2D eigenvalue weighted by Gasteiger charge is -2.38. The molecule has 1 aliphatic rings. The van der Waals surface area contributed by atoms with Gasteiger partial charge in [-0.15, -0.1) is 11.3 Å². The van der Waals surface area contributed by atoms with Crippen molar-refractivity contribution in [1.82, 2.24) is 4.90 Å². The van der Waals surface area contributed by atoms with E-state index < -0.39 is 5.54 Å². The highest BCUT2D eigenvalue weighted by Gasteiger charge is 2.43. The lowest BCUT2D eigenvalue weighted by atomic mass is 9.81. The Kier molecular flexibility index (Phi) is 3.51. The molecule has 2 N–H and O–H groups in total. The summed E-state index contributed by atoms with van der Waals surface area (Å²) in [6.45, 7) is 4.14. The fraction of sp³-hybridized carbons (Fsp3) is 0.500. The smallest absolute Gasteiger partial charge is 0.231 e. The van der Waals surface area contributed by atoms with Gasteiger partial charge < -0.3 is 5.73 Å². The second kappa shape index (κ2) is 4.66. The molecule has 4 nitrogen and oxygen atoms in total. The van der Waals surface area contributed by atoms with Gasteiger partial charge in [-0.25, -0.2) is 4.99 Å². The number of halogens is 1. The van der Waals surface area contributed by atoms with E-state index in [1.165, 1.54) is 4.90 Å². The summed E-state index contributed by atoms with van der Waals surface area (Å²) in [6, 6.07) is 4.00. The number of guanidine groups is 1. The number of carbonyl (C=O) groups excluding carboxylic acids is 1. The molecule has 1 unspecified atom stereocenters. The van der Waals surface area contributed by atoms with Gasteiger partial charge in [-0.3, -0.25) is 9.69 Å². The number of rotatable bonds is 2. The first-order valence-corrected chi connectivity index (χ1v) is 7.35. The maximum atomic E-state index is 12.1. The Bertz CT molecular complexity index is 511. The van der Waals surface area contributed by atoms with Crippen LogP contribution in [0.5, 0.6) is 0 Å². The van der Waals surface area contributed by atoms with Crippen LogP contribution >= 0.6 is 27.3 Å². The van der Waals surface area contributed by atoms with Crippen LogP contribution < -0.4 is 5.73 Å². The van der Waals surface area contributed by atoms with Crippen molar-refractivity contribution in [3.8, 4) is 0 Å². The average Bonchev–Trinajstić information content (AvgIpc) is 2.72. The van der Waals surface area contributed by atoms with Crippen LogP contribution in [-0.2, 0) is 10.3 Å². The molecule has 2 heterocycles. The number of hydrogen-bond donors (Lipinski definition) is 1. The van der Waals surface area contributed by atoms with Gasteiger partial charge in [0.2, 0.25) is 5.91 Å². The molecule has 1 amide bonds. The molecule has 0 aliphatic carbocycles. The quantitative estimate of drug-likeness (QED) is 0.906. The zero-order valence-electron chi connectivity index (χ0n) is 10.6. The second-order valence-corrected chi connectivity index (χ2v) is 7.25. The zero-order chi connectivity index (χ0) is 13.5. The Labute approximate surface area is 119 Å². The molecule has 0 saturated carbocycles. The summed E-state index contributed by atoms with van der Waals surface area (Å²) in [6.07, 6.45) is 0.370. The van der Waals surface area contributed by atoms with E-state index in [0.29, 0.717) is 12.4 Å². The molecule has 0 aromatic carbocycles. The molecule has 98 valence electrons. The fourth-order valence-corrected chi connectivity index (χ4v) is 3.77. The van der Waals surface area contributed by atoms with Crippen molar-refractivity contribution in [1.29, 1.82) is 0 Å². The van der Waals surface area contributed by atoms with Crippen molar-refractivity contribution in [2.45, 2.75) is 25.8 Å². The summed E-state index contributed by atoms with van der Waals surface area (Å²) in [7, 11) is 1.66. The molecular weight excluding hydrogens is 314 g/mol. The van der Waals surface area contributed by atoms with E-state index in [1.807, 2.05) is 12.1 Å². The number of nitrogens with zero attached hydrogens (tertiary/aromatic N) is 2. The van der Waals surface area contributed by atoms with Gasteiger partial charge in [0.05, 0.1) is 10.2 Å². The Hall–Kier alpha value is -0.880. The molecule has 0 spiro atoms. The van der Waals surface area contributed by atoms with E-state index in [2.05, 4.69) is 34.8 Å². The Morgan fingerprint density at radius 2 is 2.22 bits per heavy atom. The summed E-state index contributed by atoms with van der Waals surface area (Å²) in [4.78, 5) is 19.2. The predicted molar refractivity (Wildman–Crippen MR) is 77.5 cm³/mol. The van der Waals surface area contributed by atoms with E-state index in [-0.39, 0.29) is 11.8 Å². The van der Waals surface area contributed by atoms with Gasteiger partial charge in [0.15, 0.2) is 5.96 Å². The number of carbonyl (C=O) groups is 1. The summed E-state index contributed by atoms with van der Waals surface area (Å²) in [5.41, 5.74) is 5.35. The lowest BCUT2D eigenvalue weighted by molar-refractivity contribution is -0.129. The number of aliphatic imine (C=N–C) groups is 1. The van der Waals surface area contributed by atoms with Gasteiger partial charge in [0, 0.05) is 11.9 Å². The Balaban J connectivity index is 2.56. The van der Waals surface area contributed by atoms with Crippen LogP contribution in [0, 0.1) is 5.92 Å². The first-order chi connectivity index (χ1) is 8.36. The minimum absolute atomic E-state index is 0.0146. The van der Waals surface area contributed by atoms with Crippen LogP contribution in [-0.4, -0.2) is 23.8 Å². The highest BCUT2D eigenvalue weighted by Crippen LogP contribution is 2.43. The molecule has 1 aromatic heterocycles. The average molecular weight is 330 g/mol. The molecule has 0 bridgehead atoms. The Morgan fingerprint density at radius 3 is 2.67 bits per heavy atom. The first kappa shape index (κ1) is 13.5. The monoisotopic (exact) mass is 329 g/mol. The molecular formula is C12H16BrN3OS. The third-order valence-corrected chi connectivity index (χ3v) is 5.20. The molecule has 1 atom stereocenters. The van der Waals surface area contributed by atoms with Gasteiger partial charge >= 0.3 is 0 Å². The topological polar surface area (TPSA) is 58.7 Å². The van der Waals surface area contributed by atoms with Gasteiger partial charge in [-0.05, 0) is 34.0 Å². The third kappa shape index (κ3) is 2.07. The van der Waals surface area contributed by atoms with Crippen LogP contribution in [0.25, 0.3) is 0 Å². The molecule has 0 fully saturated rings. The first-order valence-electron chi connectivity index (χ1n) is 5.74. The summed E-state index contributed by atoms with van der Waals surface area (Å²) < 4.78 is 1.04. The van der Waals surface area contributed by atoms with Crippen LogP contribution in [0.3, 0.4) is 0 Å². The maximum absolute atomic E-state index is 12.1. The minimum atomic E-state index is -0.523. The number of nitrogens with two attached hydrogens (primary N) is 1. The standard InChI is InChI=1S/C12H16BrN3OS/c1-7(2)12(8-4-5-9(13)18-8)6-10(17)16(3)11(14)15-12/h4-5,7H,6H2,1-3H3,(H2,14,15). The van der Waals surface area contributed by atoms with E-state index >= 15 is 0 Å². The SMILES string of the molecule is CC(C)C1(c2ccc(Br)s2)CC(=O)N(C)C(N)=N1. The van der Waals surface area contributed by atoms with Gasteiger partial charge in [-0.1, -0.05) is 13.8 Å². The minimum Gasteiger partial charge on any atom is -0.369 e. The molecule has 1 aliphatic heterocycles. The number of amides is 1. The Morgan fingerprint density at radius 1 is 1.56 bits per heavy atom. The highest BCUT2D eigenvalue weighted by molar-refractivity contribution is 9.11. The molecule has 2 rings (SSSR count). The van der Waals surface area contributed by atoms with Gasteiger partial charge in [-0.2, -0.15) is 0 Å². The van der Waals surface area contributed by atoms with Crippen LogP contribution in [0.1, 0.15) is 25.1 Å². The molecule has 0 saturated heterocycles. The van der Waals surface area contributed by atoms with E-state index in [9.17, 15) is 4.79 Å². The lowest BCUT2D eigenvalue weighted by Crippen LogP contribution is -2.50. The van der Waals surface area contributed by atoms with E-state index in [0.717, 1.165) is 8.66 Å². The van der Waals surface area contributed by atoms with Gasteiger partial charge in [0.1, 0.15) is 5.54 Å². The van der Waals surface area contributed by atoms with Crippen molar-refractivity contribution in [2.75, 3.05) is 7.05 Å². The predicted octanol–water partition coefficient (Wildman–Crippen LogP) is 2.54. The van der Waals surface area contributed by atoms with Crippen LogP contribution in [0.15, 0.2) is 20.9 Å². The normalized spacial score (nSPS) is 24.6. The maximum Gasteiger partial charge on any atom is 0.231 e. The van der Waals surface area contributed by atoms with Crippen LogP contribution in [0.2, 0.25) is 0 Å². The second-order valence-electron chi connectivity index (χ2n) is 4.78. The van der Waals surface area contributed by atoms with Crippen molar-refractivity contribution >= 4 is 39.1 Å². The largest absolute Gasteiger partial charge is 0.369 e. The third-order valence-electron chi connectivity index (χ3n) is 3.41. The van der Waals surface area contributed by atoms with Crippen molar-refractivity contribution in [3.63, 3.8) is 0 Å². The molecule has 1 aromatic rings. The van der Waals surface area contributed by atoms with Crippen molar-refractivity contribution < 1.29 is 4.79 Å². The molecule has 18 heavy (non-hydrogen) atoms. The summed E-state index contributed by atoms with van der Waals surface area (Å²) >= 11 is 5.07. The molecule has 6 heteroatoms. The molecule has 0 radical (unpaired) electrons. The number of thiophene rings is 1. The highest BCUT2D eigenvalue weighted by atomic mass is 79.9. The fourth-order valence-electron chi connectivity index (χ4n) is 2.10.